The van der Waals surface area contributed by atoms with Crippen molar-refractivity contribution in [3.05, 3.63) is 130 Å². The van der Waals surface area contributed by atoms with Gasteiger partial charge in [0.15, 0.2) is 0 Å². The third-order valence-corrected chi connectivity index (χ3v) is 5.14. The van der Waals surface area contributed by atoms with Gasteiger partial charge in [-0.2, -0.15) is 0 Å². The van der Waals surface area contributed by atoms with E-state index in [0.29, 0.717) is 0 Å². The SMILES string of the molecule is C.Cc1ccc(Cc2ccc(C)cc2)cc1.Cc1ccc(OCOc2ccc(C)cc2)cc1. The summed E-state index contributed by atoms with van der Waals surface area (Å²) in [4.78, 5) is 0. The molecule has 33 heavy (non-hydrogen) atoms. The van der Waals surface area contributed by atoms with Crippen LogP contribution in [-0.4, -0.2) is 6.79 Å². The molecule has 172 valence electrons. The number of rotatable bonds is 6. The molecule has 0 bridgehead atoms. The molecule has 0 atom stereocenters. The molecule has 0 N–H and O–H groups in total. The molecule has 0 aromatic heterocycles. The molecule has 4 aromatic carbocycles. The first-order chi connectivity index (χ1) is 15.5. The van der Waals surface area contributed by atoms with Crippen molar-refractivity contribution in [1.29, 1.82) is 0 Å². The molecule has 0 aliphatic rings. The van der Waals surface area contributed by atoms with Crippen LogP contribution in [0.4, 0.5) is 0 Å². The van der Waals surface area contributed by atoms with E-state index in [2.05, 4.69) is 62.4 Å². The van der Waals surface area contributed by atoms with Crippen molar-refractivity contribution in [2.75, 3.05) is 6.79 Å². The first-order valence-electron chi connectivity index (χ1n) is 11.0. The molecule has 4 aromatic rings. The van der Waals surface area contributed by atoms with Gasteiger partial charge < -0.3 is 9.47 Å². The number of benzene rings is 4. The van der Waals surface area contributed by atoms with Crippen LogP contribution in [0.2, 0.25) is 0 Å². The monoisotopic (exact) mass is 440 g/mol. The average Bonchev–Trinajstić information content (AvgIpc) is 2.80. The summed E-state index contributed by atoms with van der Waals surface area (Å²) in [6.45, 7) is 8.57. The molecule has 0 aliphatic heterocycles. The maximum Gasteiger partial charge on any atom is 0.230 e. The normalized spacial score (nSPS) is 9.82. The highest BCUT2D eigenvalue weighted by Gasteiger charge is 1.96. The van der Waals surface area contributed by atoms with Crippen molar-refractivity contribution in [1.82, 2.24) is 0 Å². The summed E-state index contributed by atoms with van der Waals surface area (Å²) < 4.78 is 10.9. The van der Waals surface area contributed by atoms with E-state index in [0.717, 1.165) is 17.9 Å². The van der Waals surface area contributed by atoms with Gasteiger partial charge in [0.1, 0.15) is 11.5 Å². The van der Waals surface area contributed by atoms with Crippen molar-refractivity contribution in [3.63, 3.8) is 0 Å². The van der Waals surface area contributed by atoms with Crippen LogP contribution in [0.25, 0.3) is 0 Å². The van der Waals surface area contributed by atoms with Crippen LogP contribution in [0.15, 0.2) is 97.1 Å². The third kappa shape index (κ3) is 9.24. The Kier molecular flexibility index (Phi) is 10.2. The molecule has 0 unspecified atom stereocenters. The zero-order chi connectivity index (χ0) is 22.8. The maximum atomic E-state index is 5.47. The van der Waals surface area contributed by atoms with Crippen LogP contribution in [-0.2, 0) is 6.42 Å². The minimum absolute atomic E-state index is 0. The zero-order valence-corrected chi connectivity index (χ0v) is 19.5. The lowest BCUT2D eigenvalue weighted by Crippen LogP contribution is -2.05. The Hall–Kier alpha value is -3.52. The van der Waals surface area contributed by atoms with Gasteiger partial charge in [0.25, 0.3) is 0 Å². The Bertz CT molecular complexity index is 973. The molecule has 2 heteroatoms. The van der Waals surface area contributed by atoms with Crippen molar-refractivity contribution >= 4 is 0 Å². The summed E-state index contributed by atoms with van der Waals surface area (Å²) in [5, 5.41) is 0. The van der Waals surface area contributed by atoms with E-state index >= 15 is 0 Å². The first kappa shape index (κ1) is 25.7. The van der Waals surface area contributed by atoms with Crippen LogP contribution < -0.4 is 9.47 Å². The van der Waals surface area contributed by atoms with Crippen LogP contribution >= 0.6 is 0 Å². The molecule has 4 rings (SSSR count). The molecular weight excluding hydrogens is 404 g/mol. The van der Waals surface area contributed by atoms with E-state index in [1.165, 1.54) is 33.4 Å². The van der Waals surface area contributed by atoms with E-state index in [-0.39, 0.29) is 14.2 Å². The van der Waals surface area contributed by atoms with E-state index in [9.17, 15) is 0 Å². The van der Waals surface area contributed by atoms with Gasteiger partial charge in [-0.25, -0.2) is 0 Å². The van der Waals surface area contributed by atoms with Gasteiger partial charge in [0, 0.05) is 0 Å². The Morgan fingerprint density at radius 3 is 1.00 bits per heavy atom. The van der Waals surface area contributed by atoms with Gasteiger partial charge in [0.05, 0.1) is 0 Å². The van der Waals surface area contributed by atoms with Crippen molar-refractivity contribution in [2.45, 2.75) is 41.5 Å². The summed E-state index contributed by atoms with van der Waals surface area (Å²) in [7, 11) is 0. The fourth-order valence-electron chi connectivity index (χ4n) is 3.08. The summed E-state index contributed by atoms with van der Waals surface area (Å²) in [5.74, 6) is 1.64. The van der Waals surface area contributed by atoms with Crippen LogP contribution in [0, 0.1) is 27.7 Å². The minimum Gasteiger partial charge on any atom is -0.458 e. The van der Waals surface area contributed by atoms with Gasteiger partial charge in [-0.05, 0) is 69.5 Å². The highest BCUT2D eigenvalue weighted by Crippen LogP contribution is 2.14. The number of ether oxygens (including phenoxy) is 2. The highest BCUT2D eigenvalue weighted by atomic mass is 16.7. The fourth-order valence-corrected chi connectivity index (χ4v) is 3.08. The Balaban J connectivity index is 0.000000228. The minimum atomic E-state index is 0. The van der Waals surface area contributed by atoms with Crippen LogP contribution in [0.3, 0.4) is 0 Å². The molecule has 0 heterocycles. The number of hydrogen-bond donors (Lipinski definition) is 0. The van der Waals surface area contributed by atoms with Crippen molar-refractivity contribution < 1.29 is 9.47 Å². The molecule has 0 aliphatic carbocycles. The highest BCUT2D eigenvalue weighted by molar-refractivity contribution is 5.30. The summed E-state index contributed by atoms with van der Waals surface area (Å²) in [5.41, 5.74) is 7.84. The maximum absolute atomic E-state index is 5.47. The topological polar surface area (TPSA) is 18.5 Å². The molecule has 0 radical (unpaired) electrons. The quantitative estimate of drug-likeness (QED) is 0.281. The smallest absolute Gasteiger partial charge is 0.230 e. The molecule has 0 amide bonds. The predicted octanol–water partition coefficient (Wildman–Crippen LogP) is 8.25. The van der Waals surface area contributed by atoms with Crippen LogP contribution in [0.1, 0.15) is 40.8 Å². The second kappa shape index (κ2) is 13.1. The third-order valence-electron chi connectivity index (χ3n) is 5.14. The van der Waals surface area contributed by atoms with Gasteiger partial charge in [0.2, 0.25) is 6.79 Å². The number of hydrogen-bond acceptors (Lipinski definition) is 2. The molecular formula is C31H36O2. The van der Waals surface area contributed by atoms with E-state index in [4.69, 9.17) is 9.47 Å². The molecule has 0 saturated heterocycles. The standard InChI is InChI=1S/C15H16O2.C15H16.CH4/c1-12-3-7-14(8-4-12)16-11-17-15-9-5-13(2)6-10-15;1-12-3-7-14(8-4-12)11-15-9-5-13(2)6-10-15;/h3-10H,11H2,1-2H3;3-10H,11H2,1-2H3;1H4. The lowest BCUT2D eigenvalue weighted by atomic mass is 10.0. The Labute approximate surface area is 199 Å². The van der Waals surface area contributed by atoms with Gasteiger partial charge in [-0.1, -0.05) is 102 Å². The van der Waals surface area contributed by atoms with Gasteiger partial charge in [-0.15, -0.1) is 0 Å². The fraction of sp³-hybridized carbons (Fsp3) is 0.226. The molecule has 2 nitrogen and oxygen atoms in total. The lowest BCUT2D eigenvalue weighted by molar-refractivity contribution is 0.120. The average molecular weight is 441 g/mol. The second-order valence-corrected chi connectivity index (χ2v) is 8.18. The van der Waals surface area contributed by atoms with Crippen LogP contribution in [0.5, 0.6) is 11.5 Å². The second-order valence-electron chi connectivity index (χ2n) is 8.18. The summed E-state index contributed by atoms with van der Waals surface area (Å²) >= 11 is 0. The summed E-state index contributed by atoms with van der Waals surface area (Å²) in [6, 6.07) is 33.3. The van der Waals surface area contributed by atoms with E-state index in [1.807, 2.05) is 62.4 Å². The van der Waals surface area contributed by atoms with E-state index < -0.39 is 0 Å². The van der Waals surface area contributed by atoms with E-state index in [1.54, 1.807) is 0 Å². The van der Waals surface area contributed by atoms with Crippen molar-refractivity contribution in [2.24, 2.45) is 0 Å². The zero-order valence-electron chi connectivity index (χ0n) is 19.5. The lowest BCUT2D eigenvalue weighted by Gasteiger charge is -2.08. The first-order valence-corrected chi connectivity index (χ1v) is 11.0. The van der Waals surface area contributed by atoms with Gasteiger partial charge in [-0.3, -0.25) is 0 Å². The summed E-state index contributed by atoms with van der Waals surface area (Å²) in [6.07, 6.45) is 1.03. The largest absolute Gasteiger partial charge is 0.458 e. The molecule has 0 saturated carbocycles. The predicted molar refractivity (Wildman–Crippen MR) is 140 cm³/mol. The molecule has 0 spiro atoms. The van der Waals surface area contributed by atoms with Crippen molar-refractivity contribution in [3.8, 4) is 11.5 Å². The number of aryl methyl sites for hydroxylation is 4. The van der Waals surface area contributed by atoms with Gasteiger partial charge >= 0.3 is 0 Å². The Morgan fingerprint density at radius 2 is 0.697 bits per heavy atom. The molecule has 0 fully saturated rings. The Morgan fingerprint density at radius 1 is 0.424 bits per heavy atom.